The molecule has 43 heavy (non-hydrogen) atoms. The predicted octanol–water partition coefficient (Wildman–Crippen LogP) is 6.01. The zero-order chi connectivity index (χ0) is 30.3. The summed E-state index contributed by atoms with van der Waals surface area (Å²) in [7, 11) is 0. The number of unbranched alkanes of at least 4 members (excludes halogenated alkanes) is 3. The molecular formula is C34H42N4O5. The number of carbonyl (C=O) groups is 1. The van der Waals surface area contributed by atoms with Gasteiger partial charge in [0.15, 0.2) is 0 Å². The topological polar surface area (TPSA) is 114 Å². The van der Waals surface area contributed by atoms with Crippen LogP contribution >= 0.6 is 0 Å². The van der Waals surface area contributed by atoms with E-state index >= 15 is 0 Å². The first-order chi connectivity index (χ1) is 20.9. The Labute approximate surface area is 254 Å². The van der Waals surface area contributed by atoms with Crippen LogP contribution in [0.1, 0.15) is 68.7 Å². The maximum Gasteiger partial charge on any atom is 0.323 e. The average Bonchev–Trinajstić information content (AvgIpc) is 2.99. The second-order valence-electron chi connectivity index (χ2n) is 10.9. The number of aromatic nitrogens is 1. The number of hydrogen-bond donors (Lipinski definition) is 4. The van der Waals surface area contributed by atoms with Crippen molar-refractivity contribution in [1.82, 2.24) is 10.3 Å². The molecule has 4 rings (SSSR count). The monoisotopic (exact) mass is 586 g/mol. The van der Waals surface area contributed by atoms with Crippen LogP contribution in [-0.4, -0.2) is 48.2 Å². The number of aliphatic hydroxyl groups is 1. The number of nitrogens with one attached hydrogen (secondary N) is 3. The van der Waals surface area contributed by atoms with E-state index in [0.29, 0.717) is 37.6 Å². The highest BCUT2D eigenvalue weighted by molar-refractivity contribution is 5.99. The lowest BCUT2D eigenvalue weighted by Gasteiger charge is -2.33. The fraction of sp³-hybridized carbons (Fsp3) is 0.412. The van der Waals surface area contributed by atoms with Gasteiger partial charge in [0.2, 0.25) is 5.79 Å². The highest BCUT2D eigenvalue weighted by atomic mass is 16.7. The Bertz CT molecular complexity index is 1370. The van der Waals surface area contributed by atoms with Gasteiger partial charge in [-0.1, -0.05) is 36.8 Å². The number of amides is 2. The number of benzene rings is 2. The van der Waals surface area contributed by atoms with Gasteiger partial charge in [-0.2, -0.15) is 0 Å². The van der Waals surface area contributed by atoms with Crippen LogP contribution in [-0.2, 0) is 16.1 Å². The van der Waals surface area contributed by atoms with Gasteiger partial charge < -0.3 is 35.3 Å². The number of hydrogen-bond acceptors (Lipinski definition) is 7. The molecule has 0 unspecified atom stereocenters. The largest absolute Gasteiger partial charge is 0.463 e. The van der Waals surface area contributed by atoms with Crippen molar-refractivity contribution in [2.75, 3.05) is 36.9 Å². The quantitative estimate of drug-likeness (QED) is 0.135. The third-order valence-corrected chi connectivity index (χ3v) is 6.77. The fourth-order valence-corrected chi connectivity index (χ4v) is 4.52. The second-order valence-corrected chi connectivity index (χ2v) is 10.9. The van der Waals surface area contributed by atoms with Crippen LogP contribution < -0.4 is 20.7 Å². The van der Waals surface area contributed by atoms with Crippen LogP contribution in [0, 0.1) is 11.8 Å². The summed E-state index contributed by atoms with van der Waals surface area (Å²) in [6, 6.07) is 16.4. The van der Waals surface area contributed by atoms with Crippen LogP contribution in [0.3, 0.4) is 0 Å². The predicted molar refractivity (Wildman–Crippen MR) is 168 cm³/mol. The zero-order valence-electron chi connectivity index (χ0n) is 25.0. The zero-order valence-corrected chi connectivity index (χ0v) is 25.0. The van der Waals surface area contributed by atoms with E-state index in [1.54, 1.807) is 24.5 Å². The summed E-state index contributed by atoms with van der Waals surface area (Å²) in [5.41, 5.74) is 3.95. The molecule has 1 aromatic heterocycles. The number of urea groups is 1. The van der Waals surface area contributed by atoms with Crippen molar-refractivity contribution in [3.8, 4) is 17.6 Å². The van der Waals surface area contributed by atoms with Crippen molar-refractivity contribution >= 4 is 17.4 Å². The summed E-state index contributed by atoms with van der Waals surface area (Å²) in [4.78, 5) is 16.1. The van der Waals surface area contributed by atoms with E-state index in [9.17, 15) is 9.90 Å². The average molecular weight is 587 g/mol. The number of pyridine rings is 1. The molecule has 3 aromatic rings. The van der Waals surface area contributed by atoms with Crippen LogP contribution in [0.2, 0.25) is 0 Å². The molecule has 0 radical (unpaired) electrons. The van der Waals surface area contributed by atoms with E-state index in [4.69, 9.17) is 14.2 Å². The van der Waals surface area contributed by atoms with Gasteiger partial charge in [-0.25, -0.2) is 4.79 Å². The molecule has 4 N–H and O–H groups in total. The number of nitrogens with zero attached hydrogens (tertiary/aromatic N) is 1. The van der Waals surface area contributed by atoms with Gasteiger partial charge in [-0.3, -0.25) is 4.98 Å². The summed E-state index contributed by atoms with van der Waals surface area (Å²) >= 11 is 0. The van der Waals surface area contributed by atoms with E-state index in [1.165, 1.54) is 0 Å². The summed E-state index contributed by atoms with van der Waals surface area (Å²) in [6.07, 6.45) is 7.60. The minimum Gasteiger partial charge on any atom is -0.463 e. The Morgan fingerprint density at radius 1 is 1.05 bits per heavy atom. The minimum atomic E-state index is -0.618. The molecule has 2 heterocycles. The first-order valence-corrected chi connectivity index (χ1v) is 14.9. The summed E-state index contributed by atoms with van der Waals surface area (Å²) < 4.78 is 17.3. The lowest BCUT2D eigenvalue weighted by atomic mass is 10.0. The Hall–Kier alpha value is -3.94. The summed E-state index contributed by atoms with van der Waals surface area (Å²) in [5, 5.41) is 19.4. The molecular weight excluding hydrogens is 544 g/mol. The molecule has 9 heteroatoms. The van der Waals surface area contributed by atoms with E-state index in [2.05, 4.69) is 32.8 Å². The Balaban J connectivity index is 1.00. The summed E-state index contributed by atoms with van der Waals surface area (Å²) in [5.74, 6) is 6.46. The first kappa shape index (κ1) is 32.0. The number of fused-ring (bicyclic) bond motifs is 1. The highest BCUT2D eigenvalue weighted by Crippen LogP contribution is 2.32. The van der Waals surface area contributed by atoms with Crippen molar-refractivity contribution in [1.29, 1.82) is 0 Å². The third-order valence-electron chi connectivity index (χ3n) is 6.77. The van der Waals surface area contributed by atoms with Crippen molar-refractivity contribution in [3.05, 3.63) is 83.7 Å². The van der Waals surface area contributed by atoms with Gasteiger partial charge in [0.25, 0.3) is 0 Å². The van der Waals surface area contributed by atoms with Crippen LogP contribution in [0.4, 0.5) is 16.2 Å². The normalized spacial score (nSPS) is 14.0. The molecule has 228 valence electrons. The van der Waals surface area contributed by atoms with Gasteiger partial charge in [-0.15, -0.1) is 0 Å². The lowest BCUT2D eigenvalue weighted by Crippen LogP contribution is -2.35. The molecule has 0 fully saturated rings. The molecule has 1 aliphatic heterocycles. The number of ether oxygens (including phenoxy) is 3. The third kappa shape index (κ3) is 11.3. The number of rotatable bonds is 14. The van der Waals surface area contributed by atoms with Gasteiger partial charge in [0.1, 0.15) is 5.75 Å². The second kappa shape index (κ2) is 16.6. The van der Waals surface area contributed by atoms with Crippen LogP contribution in [0.25, 0.3) is 0 Å². The molecule has 0 aliphatic carbocycles. The van der Waals surface area contributed by atoms with Gasteiger partial charge in [-0.05, 0) is 67.4 Å². The maximum atomic E-state index is 12.2. The van der Waals surface area contributed by atoms with Crippen molar-refractivity contribution < 1.29 is 24.1 Å². The van der Waals surface area contributed by atoms with Gasteiger partial charge in [0.05, 0.1) is 31.2 Å². The SMILES string of the molecule is CC1(C)OCc2cc([C@H](O)CNCCCCCCOCCC#Cc3cccc(NC(=O)Nc4cccnc4)c3)ccc2O1. The van der Waals surface area contributed by atoms with E-state index in [1.807, 2.05) is 56.3 Å². The van der Waals surface area contributed by atoms with Crippen molar-refractivity contribution in [2.24, 2.45) is 0 Å². The van der Waals surface area contributed by atoms with Crippen LogP contribution in [0.5, 0.6) is 5.75 Å². The van der Waals surface area contributed by atoms with Gasteiger partial charge >= 0.3 is 6.03 Å². The molecule has 0 saturated heterocycles. The van der Waals surface area contributed by atoms with Crippen molar-refractivity contribution in [3.63, 3.8) is 0 Å². The van der Waals surface area contributed by atoms with E-state index < -0.39 is 11.9 Å². The molecule has 2 amide bonds. The minimum absolute atomic E-state index is 0.334. The number of carbonyl (C=O) groups excluding carboxylic acids is 1. The Kier molecular flexibility index (Phi) is 12.4. The van der Waals surface area contributed by atoms with E-state index in [0.717, 1.165) is 61.3 Å². The maximum absolute atomic E-state index is 12.2. The van der Waals surface area contributed by atoms with E-state index in [-0.39, 0.29) is 6.03 Å². The molecule has 0 spiro atoms. The smallest absolute Gasteiger partial charge is 0.323 e. The van der Waals surface area contributed by atoms with Gasteiger partial charge in [0, 0.05) is 56.4 Å². The molecule has 0 saturated carbocycles. The molecule has 2 aromatic carbocycles. The Morgan fingerprint density at radius 3 is 2.74 bits per heavy atom. The molecule has 0 bridgehead atoms. The lowest BCUT2D eigenvalue weighted by molar-refractivity contribution is -0.180. The number of aliphatic hydroxyl groups excluding tert-OH is 1. The Morgan fingerprint density at radius 2 is 1.88 bits per heavy atom. The highest BCUT2D eigenvalue weighted by Gasteiger charge is 2.27. The number of anilines is 2. The fourth-order valence-electron chi connectivity index (χ4n) is 4.52. The molecule has 9 nitrogen and oxygen atoms in total. The standard InChI is InChI=1S/C34H42N4O5/c1-34(2)42-25-28-22-27(15-16-32(28)43-34)31(39)24-36-17-6-3-4-7-19-41-20-8-5-11-26-12-9-13-29(21-26)37-33(40)38-30-14-10-18-35-23-30/h9-10,12-16,18,21-23,31,36,39H,3-4,6-8,17,19-20,24-25H2,1-2H3,(H2,37,38,40)/t31-/m1/s1. The first-order valence-electron chi connectivity index (χ1n) is 14.9. The van der Waals surface area contributed by atoms with Crippen molar-refractivity contribution in [2.45, 2.75) is 64.4 Å². The molecule has 1 aliphatic rings. The van der Waals surface area contributed by atoms with Crippen LogP contribution in [0.15, 0.2) is 67.0 Å². The molecule has 1 atom stereocenters. The summed E-state index contributed by atoms with van der Waals surface area (Å²) in [6.45, 7) is 6.97.